The topological polar surface area (TPSA) is 44.9 Å². The van der Waals surface area contributed by atoms with Crippen LogP contribution in [0.3, 0.4) is 0 Å². The molecule has 2 N–H and O–H groups in total. The zero-order valence-corrected chi connectivity index (χ0v) is 15.0. The summed E-state index contributed by atoms with van der Waals surface area (Å²) >= 11 is 0. The molecule has 2 aromatic carbocycles. The fraction of sp³-hybridized carbons (Fsp3) is 0.318. The van der Waals surface area contributed by atoms with E-state index in [1.807, 2.05) is 36.5 Å². The summed E-state index contributed by atoms with van der Waals surface area (Å²) in [5.74, 6) is 0.135. The molecule has 1 heterocycles. The van der Waals surface area contributed by atoms with Crippen molar-refractivity contribution in [2.45, 2.75) is 33.1 Å². The van der Waals surface area contributed by atoms with E-state index in [0.29, 0.717) is 6.54 Å². The van der Waals surface area contributed by atoms with Crippen molar-refractivity contribution >= 4 is 16.8 Å². The standard InChI is InChI=1S/C22H26N2O/c1-3-22(2,15-18-16-24-20-12-8-7-11-19(18)20)21(25)23-14-13-17-9-5-4-6-10-17/h4-12,16,24H,3,13-15H2,1-2H3,(H,23,25). The number of H-pyrrole nitrogens is 1. The van der Waals surface area contributed by atoms with Crippen molar-refractivity contribution in [3.63, 3.8) is 0 Å². The molecule has 1 aromatic heterocycles. The zero-order valence-electron chi connectivity index (χ0n) is 15.0. The molecule has 3 rings (SSSR count). The van der Waals surface area contributed by atoms with Crippen LogP contribution in [0.15, 0.2) is 60.8 Å². The minimum Gasteiger partial charge on any atom is -0.361 e. The Morgan fingerprint density at radius 3 is 2.56 bits per heavy atom. The Balaban J connectivity index is 1.65. The third-order valence-corrected chi connectivity index (χ3v) is 5.13. The van der Waals surface area contributed by atoms with Gasteiger partial charge in [0, 0.05) is 23.6 Å². The van der Waals surface area contributed by atoms with Crippen LogP contribution < -0.4 is 5.32 Å². The van der Waals surface area contributed by atoms with E-state index in [1.165, 1.54) is 16.5 Å². The number of aromatic nitrogens is 1. The average molecular weight is 334 g/mol. The SMILES string of the molecule is CCC(C)(Cc1c[nH]c2ccccc12)C(=O)NCCc1ccccc1. The van der Waals surface area contributed by atoms with Gasteiger partial charge in [0.05, 0.1) is 5.41 Å². The van der Waals surface area contributed by atoms with Crippen LogP contribution in [-0.4, -0.2) is 17.4 Å². The third-order valence-electron chi connectivity index (χ3n) is 5.13. The molecule has 1 atom stereocenters. The van der Waals surface area contributed by atoms with Crippen LogP contribution in [0.1, 0.15) is 31.4 Å². The molecule has 25 heavy (non-hydrogen) atoms. The van der Waals surface area contributed by atoms with Crippen LogP contribution in [0.2, 0.25) is 0 Å². The van der Waals surface area contributed by atoms with E-state index in [4.69, 9.17) is 0 Å². The Morgan fingerprint density at radius 1 is 1.08 bits per heavy atom. The third kappa shape index (κ3) is 3.93. The molecule has 0 aliphatic heterocycles. The van der Waals surface area contributed by atoms with E-state index in [-0.39, 0.29) is 5.91 Å². The Morgan fingerprint density at radius 2 is 1.80 bits per heavy atom. The summed E-state index contributed by atoms with van der Waals surface area (Å²) in [5.41, 5.74) is 3.18. The molecule has 3 nitrogen and oxygen atoms in total. The highest BCUT2D eigenvalue weighted by Crippen LogP contribution is 2.30. The fourth-order valence-electron chi connectivity index (χ4n) is 3.24. The van der Waals surface area contributed by atoms with E-state index < -0.39 is 5.41 Å². The van der Waals surface area contributed by atoms with Gasteiger partial charge in [-0.1, -0.05) is 62.4 Å². The van der Waals surface area contributed by atoms with Crippen molar-refractivity contribution in [3.8, 4) is 0 Å². The lowest BCUT2D eigenvalue weighted by Gasteiger charge is -2.27. The second kappa shape index (κ2) is 7.56. The number of rotatable bonds is 7. The number of benzene rings is 2. The number of nitrogens with one attached hydrogen (secondary N) is 2. The summed E-state index contributed by atoms with van der Waals surface area (Å²) < 4.78 is 0. The van der Waals surface area contributed by atoms with Gasteiger partial charge in [-0.2, -0.15) is 0 Å². The van der Waals surface area contributed by atoms with Crippen molar-refractivity contribution in [1.29, 1.82) is 0 Å². The summed E-state index contributed by atoms with van der Waals surface area (Å²) in [6, 6.07) is 18.5. The summed E-state index contributed by atoms with van der Waals surface area (Å²) in [7, 11) is 0. The monoisotopic (exact) mass is 334 g/mol. The maximum atomic E-state index is 12.8. The van der Waals surface area contributed by atoms with Gasteiger partial charge >= 0.3 is 0 Å². The lowest BCUT2D eigenvalue weighted by Crippen LogP contribution is -2.40. The molecule has 0 radical (unpaired) electrons. The molecule has 1 unspecified atom stereocenters. The van der Waals surface area contributed by atoms with Crippen LogP contribution in [-0.2, 0) is 17.6 Å². The number of amides is 1. The number of carbonyl (C=O) groups is 1. The number of fused-ring (bicyclic) bond motifs is 1. The van der Waals surface area contributed by atoms with Gasteiger partial charge < -0.3 is 10.3 Å². The summed E-state index contributed by atoms with van der Waals surface area (Å²) in [5, 5.41) is 4.34. The van der Waals surface area contributed by atoms with Crippen LogP contribution >= 0.6 is 0 Å². The van der Waals surface area contributed by atoms with Gasteiger partial charge in [-0.3, -0.25) is 4.79 Å². The van der Waals surface area contributed by atoms with Gasteiger partial charge in [-0.05, 0) is 36.5 Å². The normalized spacial score (nSPS) is 13.5. The molecule has 0 bridgehead atoms. The van der Waals surface area contributed by atoms with Gasteiger partial charge in [-0.15, -0.1) is 0 Å². The first-order valence-electron chi connectivity index (χ1n) is 8.99. The van der Waals surface area contributed by atoms with E-state index in [9.17, 15) is 4.79 Å². The number of carbonyl (C=O) groups excluding carboxylic acids is 1. The molecule has 0 saturated heterocycles. The minimum absolute atomic E-state index is 0.135. The van der Waals surface area contributed by atoms with Gasteiger partial charge in [0.1, 0.15) is 0 Å². The van der Waals surface area contributed by atoms with E-state index in [1.54, 1.807) is 0 Å². The molecule has 3 aromatic rings. The van der Waals surface area contributed by atoms with E-state index >= 15 is 0 Å². The fourth-order valence-corrected chi connectivity index (χ4v) is 3.24. The van der Waals surface area contributed by atoms with E-state index in [0.717, 1.165) is 24.8 Å². The molecule has 130 valence electrons. The molecule has 0 aliphatic rings. The summed E-state index contributed by atoms with van der Waals surface area (Å²) in [6.07, 6.45) is 4.45. The van der Waals surface area contributed by atoms with Crippen molar-refractivity contribution in [1.82, 2.24) is 10.3 Å². The van der Waals surface area contributed by atoms with Gasteiger partial charge in [-0.25, -0.2) is 0 Å². The minimum atomic E-state index is -0.401. The predicted molar refractivity (Wildman–Crippen MR) is 104 cm³/mol. The molecule has 0 spiro atoms. The average Bonchev–Trinajstić information content (AvgIpc) is 3.05. The molecule has 1 amide bonds. The second-order valence-electron chi connectivity index (χ2n) is 6.94. The van der Waals surface area contributed by atoms with Crippen LogP contribution in [0.5, 0.6) is 0 Å². The predicted octanol–water partition coefficient (Wildman–Crippen LogP) is 4.49. The van der Waals surface area contributed by atoms with Gasteiger partial charge in [0.15, 0.2) is 0 Å². The maximum absolute atomic E-state index is 12.8. The number of hydrogen-bond acceptors (Lipinski definition) is 1. The number of hydrogen-bond donors (Lipinski definition) is 2. The van der Waals surface area contributed by atoms with Gasteiger partial charge in [0.2, 0.25) is 5.91 Å². The maximum Gasteiger partial charge on any atom is 0.226 e. The largest absolute Gasteiger partial charge is 0.361 e. The zero-order chi connectivity index (χ0) is 17.7. The lowest BCUT2D eigenvalue weighted by molar-refractivity contribution is -0.130. The van der Waals surface area contributed by atoms with Crippen molar-refractivity contribution < 1.29 is 4.79 Å². The second-order valence-corrected chi connectivity index (χ2v) is 6.94. The van der Waals surface area contributed by atoms with E-state index in [2.05, 4.69) is 48.4 Å². The summed E-state index contributed by atoms with van der Waals surface area (Å²) in [6.45, 7) is 4.82. The Kier molecular flexibility index (Phi) is 5.22. The molecular weight excluding hydrogens is 308 g/mol. The van der Waals surface area contributed by atoms with Crippen LogP contribution in [0.25, 0.3) is 10.9 Å². The molecule has 0 fully saturated rings. The van der Waals surface area contributed by atoms with Crippen molar-refractivity contribution in [3.05, 3.63) is 71.9 Å². The number of para-hydroxylation sites is 1. The first kappa shape index (κ1) is 17.3. The van der Waals surface area contributed by atoms with Crippen molar-refractivity contribution in [2.24, 2.45) is 5.41 Å². The Hall–Kier alpha value is -2.55. The summed E-state index contributed by atoms with van der Waals surface area (Å²) in [4.78, 5) is 16.1. The quantitative estimate of drug-likeness (QED) is 0.657. The van der Waals surface area contributed by atoms with Crippen LogP contribution in [0, 0.1) is 5.41 Å². The van der Waals surface area contributed by atoms with Gasteiger partial charge in [0.25, 0.3) is 0 Å². The molecule has 0 saturated carbocycles. The highest BCUT2D eigenvalue weighted by atomic mass is 16.2. The Labute approximate surface area is 149 Å². The highest BCUT2D eigenvalue weighted by molar-refractivity contribution is 5.86. The molecule has 3 heteroatoms. The number of aromatic amines is 1. The smallest absolute Gasteiger partial charge is 0.226 e. The first-order valence-corrected chi connectivity index (χ1v) is 8.99. The highest BCUT2D eigenvalue weighted by Gasteiger charge is 2.32. The van der Waals surface area contributed by atoms with Crippen LogP contribution in [0.4, 0.5) is 0 Å². The Bertz CT molecular complexity index is 837. The molecular formula is C22H26N2O. The lowest BCUT2D eigenvalue weighted by atomic mass is 9.80. The van der Waals surface area contributed by atoms with Crippen molar-refractivity contribution in [2.75, 3.05) is 6.54 Å². The first-order chi connectivity index (χ1) is 12.1. The molecule has 0 aliphatic carbocycles.